The Kier molecular flexibility index (Phi) is 12.5. The Morgan fingerprint density at radius 2 is 1.77 bits per heavy atom. The molecule has 3 aromatic heterocycles. The highest BCUT2D eigenvalue weighted by Gasteiger charge is 2.34. The van der Waals surface area contributed by atoms with Crippen LogP contribution in [0.15, 0.2) is 66.9 Å². The van der Waals surface area contributed by atoms with Crippen molar-refractivity contribution in [3.8, 4) is 17.2 Å². The van der Waals surface area contributed by atoms with Crippen molar-refractivity contribution in [1.29, 1.82) is 0 Å². The second kappa shape index (κ2) is 18.1. The van der Waals surface area contributed by atoms with Crippen LogP contribution in [0.5, 0.6) is 11.5 Å². The van der Waals surface area contributed by atoms with E-state index in [1.807, 2.05) is 67.8 Å². The number of ether oxygens (including phenoxy) is 2. The summed E-state index contributed by atoms with van der Waals surface area (Å²) < 4.78 is 16.5. The highest BCUT2D eigenvalue weighted by atomic mass is 16.7. The van der Waals surface area contributed by atoms with Gasteiger partial charge in [0.25, 0.3) is 0 Å². The summed E-state index contributed by atoms with van der Waals surface area (Å²) >= 11 is 0. The van der Waals surface area contributed by atoms with E-state index in [0.717, 1.165) is 79.9 Å². The van der Waals surface area contributed by atoms with E-state index < -0.39 is 17.5 Å². The molecular weight excluding hydrogens is 777 g/mol. The predicted molar refractivity (Wildman–Crippen MR) is 231 cm³/mol. The third-order valence-corrected chi connectivity index (χ3v) is 12.2. The molecule has 2 saturated heterocycles. The van der Waals surface area contributed by atoms with Crippen molar-refractivity contribution >= 4 is 29.9 Å². The van der Waals surface area contributed by atoms with Crippen molar-refractivity contribution in [3.05, 3.63) is 89.2 Å². The number of hydrogen-bond acceptors (Lipinski definition) is 12. The van der Waals surface area contributed by atoms with Gasteiger partial charge in [0.05, 0.1) is 30.2 Å². The molecule has 3 aliphatic rings. The molecule has 2 amide bonds. The summed E-state index contributed by atoms with van der Waals surface area (Å²) in [7, 11) is 2.13. The third-order valence-electron chi connectivity index (χ3n) is 12.2. The molecule has 1 aliphatic carbocycles. The lowest BCUT2D eigenvalue weighted by molar-refractivity contribution is -0.129. The molecule has 5 heterocycles. The van der Waals surface area contributed by atoms with Crippen molar-refractivity contribution in [3.63, 3.8) is 0 Å². The predicted octanol–water partition coefficient (Wildman–Crippen LogP) is 5.97. The minimum Gasteiger partial charge on any atom is -0.492 e. The summed E-state index contributed by atoms with van der Waals surface area (Å²) in [5, 5.41) is 28.2. The number of carbonyl (C=O) groups excluding carboxylic acids is 2. The first kappa shape index (κ1) is 42.0. The first-order valence-corrected chi connectivity index (χ1v) is 21.5. The lowest BCUT2D eigenvalue weighted by atomic mass is 9.85. The number of amides is 2. The van der Waals surface area contributed by atoms with E-state index in [4.69, 9.17) is 19.4 Å². The number of hydroxylamine groups is 1. The summed E-state index contributed by atoms with van der Waals surface area (Å²) in [6, 6.07) is 18.3. The Hall–Kier alpha value is -5.71. The smallest absolute Gasteiger partial charge is 0.357 e. The van der Waals surface area contributed by atoms with E-state index in [1.54, 1.807) is 28.9 Å². The van der Waals surface area contributed by atoms with Gasteiger partial charge in [-0.2, -0.15) is 5.10 Å². The fourth-order valence-electron chi connectivity index (χ4n) is 8.53. The number of aliphatic hydroxyl groups excluding tert-OH is 1. The average molecular weight is 835 g/mol. The van der Waals surface area contributed by atoms with Crippen molar-refractivity contribution < 1.29 is 29.0 Å². The van der Waals surface area contributed by atoms with E-state index in [2.05, 4.69) is 44.2 Å². The van der Waals surface area contributed by atoms with Crippen molar-refractivity contribution in [1.82, 2.24) is 39.5 Å². The Morgan fingerprint density at radius 3 is 2.52 bits per heavy atom. The largest absolute Gasteiger partial charge is 0.492 e. The maximum atomic E-state index is 14.4. The number of nitrogens with zero attached hydrogens (tertiary/aromatic N) is 9. The molecule has 2 aliphatic heterocycles. The zero-order valence-corrected chi connectivity index (χ0v) is 35.9. The van der Waals surface area contributed by atoms with Gasteiger partial charge in [-0.3, -0.25) is 14.1 Å². The van der Waals surface area contributed by atoms with E-state index in [-0.39, 0.29) is 25.0 Å². The van der Waals surface area contributed by atoms with Gasteiger partial charge >= 0.3 is 12.5 Å². The van der Waals surface area contributed by atoms with Gasteiger partial charge in [0.15, 0.2) is 11.5 Å². The minimum atomic E-state index is -0.638. The molecule has 2 N–H and O–H groups in total. The molecule has 2 aromatic carbocycles. The van der Waals surface area contributed by atoms with Gasteiger partial charge in [0.1, 0.15) is 24.2 Å². The van der Waals surface area contributed by atoms with Crippen LogP contribution < -0.4 is 24.8 Å². The molecular formula is C45H58N10O6. The molecule has 324 valence electrons. The van der Waals surface area contributed by atoms with Crippen LogP contribution in [0, 0.1) is 0 Å². The minimum absolute atomic E-state index is 0.211. The number of hydrogen-bond donors (Lipinski definition) is 2. The van der Waals surface area contributed by atoms with Crippen LogP contribution in [0.4, 0.5) is 16.6 Å². The fourth-order valence-corrected chi connectivity index (χ4v) is 8.53. The standard InChI is InChI=1S/C45H58N10O6/c1-31-10-8-9-19-52(31)43-48-47-41-18-15-34(28-53(41)43)61-38-17-16-37(35-11-6-7-12-36(35)38)46-44(58)55(60-30-57)42-27-40(45(2,3)4)49-54(42)33-14-13-32(29-56)39(26-33)59-25-24-51-22-20-50(5)21-23-51/h6-7,11-15,18,26-28,30-31,37-38,56H,8-10,16-17,19-25,29H2,1-5H3,(H,46,58)/t31-,37-,38+/m0/s1. The molecule has 16 heteroatoms. The molecule has 5 aromatic rings. The average Bonchev–Trinajstić information content (AvgIpc) is 3.90. The summed E-state index contributed by atoms with van der Waals surface area (Å²) in [5.74, 6) is 2.26. The van der Waals surface area contributed by atoms with Crippen molar-refractivity contribution in [2.24, 2.45) is 0 Å². The van der Waals surface area contributed by atoms with Gasteiger partial charge in [-0.1, -0.05) is 51.1 Å². The van der Waals surface area contributed by atoms with Gasteiger partial charge in [-0.05, 0) is 75.4 Å². The molecule has 61 heavy (non-hydrogen) atoms. The normalized spacial score (nSPS) is 20.0. The number of rotatable bonds is 13. The summed E-state index contributed by atoms with van der Waals surface area (Å²) in [6.07, 6.45) is 6.34. The highest BCUT2D eigenvalue weighted by Crippen LogP contribution is 2.40. The van der Waals surface area contributed by atoms with Crippen LogP contribution in [-0.4, -0.2) is 111 Å². The van der Waals surface area contributed by atoms with E-state index in [1.165, 1.54) is 6.42 Å². The fraction of sp³-hybridized carbons (Fsp3) is 0.489. The van der Waals surface area contributed by atoms with Crippen molar-refractivity contribution in [2.75, 3.05) is 62.9 Å². The molecule has 0 bridgehead atoms. The molecule has 0 unspecified atom stereocenters. The first-order chi connectivity index (χ1) is 29.5. The van der Waals surface area contributed by atoms with E-state index in [9.17, 15) is 14.7 Å². The Bertz CT molecular complexity index is 2310. The number of pyridine rings is 1. The SMILES string of the molecule is C[C@H]1CCCCN1c1nnc2ccc(O[C@@H]3CC[C@H](NC(=O)N(OC=O)c4cc(C(C)(C)C)nn4-c4ccc(CO)c(OCCN5CCN(C)CC5)c4)c4ccccc43)cn12. The zero-order chi connectivity index (χ0) is 42.7. The number of urea groups is 1. The number of benzene rings is 2. The first-order valence-electron chi connectivity index (χ1n) is 21.5. The van der Waals surface area contributed by atoms with Crippen LogP contribution in [0.2, 0.25) is 0 Å². The quantitative estimate of drug-likeness (QED) is 0.106. The number of aromatic nitrogens is 5. The Labute approximate surface area is 356 Å². The van der Waals surface area contributed by atoms with Gasteiger partial charge in [0.2, 0.25) is 5.95 Å². The second-order valence-electron chi connectivity index (χ2n) is 17.4. The molecule has 0 spiro atoms. The number of likely N-dealkylation sites (N-methyl/N-ethyl adjacent to an activating group) is 1. The number of piperidine rings is 1. The highest BCUT2D eigenvalue weighted by molar-refractivity contribution is 5.90. The molecule has 0 saturated carbocycles. The van der Waals surface area contributed by atoms with Gasteiger partial charge < -0.3 is 34.5 Å². The van der Waals surface area contributed by atoms with Gasteiger partial charge in [-0.25, -0.2) is 9.48 Å². The van der Waals surface area contributed by atoms with Crippen LogP contribution in [0.3, 0.4) is 0 Å². The van der Waals surface area contributed by atoms with Crippen LogP contribution in [-0.2, 0) is 21.7 Å². The van der Waals surface area contributed by atoms with Crippen LogP contribution >= 0.6 is 0 Å². The maximum absolute atomic E-state index is 14.4. The lowest BCUT2D eigenvalue weighted by Crippen LogP contribution is -2.45. The molecule has 3 atom stereocenters. The number of anilines is 2. The summed E-state index contributed by atoms with van der Waals surface area (Å²) in [5.41, 5.74) is 4.07. The van der Waals surface area contributed by atoms with E-state index in [0.29, 0.717) is 53.9 Å². The zero-order valence-electron chi connectivity index (χ0n) is 35.9. The van der Waals surface area contributed by atoms with Gasteiger partial charge in [-0.15, -0.1) is 15.3 Å². The molecule has 2 fully saturated rings. The lowest BCUT2D eigenvalue weighted by Gasteiger charge is -2.34. The number of carbonyl (C=O) groups is 2. The number of aliphatic hydroxyl groups is 1. The van der Waals surface area contributed by atoms with E-state index >= 15 is 0 Å². The maximum Gasteiger partial charge on any atom is 0.357 e. The number of fused-ring (bicyclic) bond motifs is 2. The molecule has 16 nitrogen and oxygen atoms in total. The van der Waals surface area contributed by atoms with Gasteiger partial charge in [0, 0.05) is 68.4 Å². The van der Waals surface area contributed by atoms with Crippen LogP contribution in [0.1, 0.15) is 94.3 Å². The third kappa shape index (κ3) is 9.16. The topological polar surface area (TPSA) is 155 Å². The monoisotopic (exact) mass is 834 g/mol. The Morgan fingerprint density at radius 1 is 0.967 bits per heavy atom. The van der Waals surface area contributed by atoms with Crippen molar-refractivity contribution in [2.45, 2.75) is 90.0 Å². The van der Waals surface area contributed by atoms with Crippen LogP contribution in [0.25, 0.3) is 11.3 Å². The second-order valence-corrected chi connectivity index (χ2v) is 17.4. The molecule has 8 rings (SSSR count). The number of piperazine rings is 1. The summed E-state index contributed by atoms with van der Waals surface area (Å²) in [4.78, 5) is 38.9. The molecule has 0 radical (unpaired) electrons. The Balaban J connectivity index is 1.02. The summed E-state index contributed by atoms with van der Waals surface area (Å²) in [6.45, 7) is 14.4. The number of nitrogens with one attached hydrogen (secondary N) is 1.